The van der Waals surface area contributed by atoms with E-state index < -0.39 is 0 Å². The van der Waals surface area contributed by atoms with Crippen LogP contribution in [-0.2, 0) is 4.79 Å². The van der Waals surface area contributed by atoms with Gasteiger partial charge in [-0.15, -0.1) is 5.10 Å². The lowest BCUT2D eigenvalue weighted by atomic mass is 9.94. The lowest BCUT2D eigenvalue weighted by Gasteiger charge is -2.33. The van der Waals surface area contributed by atoms with Crippen LogP contribution in [0.3, 0.4) is 0 Å². The molecule has 0 radical (unpaired) electrons. The fourth-order valence-electron chi connectivity index (χ4n) is 3.28. The molecule has 1 aliphatic rings. The van der Waals surface area contributed by atoms with Gasteiger partial charge >= 0.3 is 0 Å². The van der Waals surface area contributed by atoms with Crippen molar-refractivity contribution in [2.45, 2.75) is 50.2 Å². The van der Waals surface area contributed by atoms with Crippen LogP contribution in [0.5, 0.6) is 0 Å². The molecule has 0 unspecified atom stereocenters. The first-order valence-corrected chi connectivity index (χ1v) is 9.66. The first-order valence-electron chi connectivity index (χ1n) is 8.68. The molecule has 0 saturated heterocycles. The number of nitrogens with zero attached hydrogens (tertiary/aromatic N) is 3. The minimum Gasteiger partial charge on any atom is -0.339 e. The summed E-state index contributed by atoms with van der Waals surface area (Å²) in [6, 6.07) is 10.3. The Morgan fingerprint density at radius 2 is 2.00 bits per heavy atom. The Labute approximate surface area is 147 Å². The number of hydrogen-bond acceptors (Lipinski definition) is 4. The van der Waals surface area contributed by atoms with Gasteiger partial charge in [-0.25, -0.2) is 4.98 Å². The average Bonchev–Trinajstić information content (AvgIpc) is 3.11. The van der Waals surface area contributed by atoms with E-state index in [0.29, 0.717) is 17.0 Å². The van der Waals surface area contributed by atoms with Gasteiger partial charge in [0.05, 0.1) is 5.75 Å². The molecule has 1 saturated carbocycles. The maximum Gasteiger partial charge on any atom is 0.233 e. The predicted octanol–water partition coefficient (Wildman–Crippen LogP) is 3.75. The van der Waals surface area contributed by atoms with Gasteiger partial charge in [-0.2, -0.15) is 0 Å². The molecular weight excluding hydrogens is 320 g/mol. The van der Waals surface area contributed by atoms with E-state index in [4.69, 9.17) is 0 Å². The van der Waals surface area contributed by atoms with Gasteiger partial charge in [-0.1, -0.05) is 61.4 Å². The van der Waals surface area contributed by atoms with Crippen molar-refractivity contribution in [3.63, 3.8) is 0 Å². The van der Waals surface area contributed by atoms with Crippen LogP contribution in [0.2, 0.25) is 0 Å². The second kappa shape index (κ2) is 8.33. The molecule has 1 fully saturated rings. The number of H-pyrrole nitrogens is 1. The molecule has 5 nitrogen and oxygen atoms in total. The molecule has 0 bridgehead atoms. The second-order valence-electron chi connectivity index (χ2n) is 6.09. The Balaban J connectivity index is 1.56. The number of thioether (sulfide) groups is 1. The standard InChI is InChI=1S/C18H24N4OS/c1-2-22(15-11-7-4-8-12-15)16(23)13-24-18-19-17(20-21-18)14-9-5-3-6-10-14/h3,5-6,9-10,15H,2,4,7-8,11-13H2,1H3,(H,19,20,21). The largest absolute Gasteiger partial charge is 0.339 e. The highest BCUT2D eigenvalue weighted by Crippen LogP contribution is 2.24. The minimum atomic E-state index is 0.195. The van der Waals surface area contributed by atoms with Crippen LogP contribution in [0, 0.1) is 0 Å². The monoisotopic (exact) mass is 344 g/mol. The van der Waals surface area contributed by atoms with Crippen LogP contribution < -0.4 is 0 Å². The number of nitrogens with one attached hydrogen (secondary N) is 1. The fraction of sp³-hybridized carbons (Fsp3) is 0.500. The maximum atomic E-state index is 12.6. The summed E-state index contributed by atoms with van der Waals surface area (Å²) in [5.41, 5.74) is 1.00. The molecule has 0 atom stereocenters. The molecular formula is C18H24N4OS. The van der Waals surface area contributed by atoms with Gasteiger partial charge in [-0.3, -0.25) is 9.89 Å². The maximum absolute atomic E-state index is 12.6. The van der Waals surface area contributed by atoms with Gasteiger partial charge < -0.3 is 4.90 Å². The Morgan fingerprint density at radius 1 is 1.25 bits per heavy atom. The summed E-state index contributed by atoms with van der Waals surface area (Å²) in [5, 5.41) is 7.79. The molecule has 1 aliphatic carbocycles. The van der Waals surface area contributed by atoms with Gasteiger partial charge in [0.25, 0.3) is 0 Å². The minimum absolute atomic E-state index is 0.195. The quantitative estimate of drug-likeness (QED) is 0.811. The zero-order valence-electron chi connectivity index (χ0n) is 14.1. The van der Waals surface area contributed by atoms with Crippen molar-refractivity contribution in [2.24, 2.45) is 0 Å². The van der Waals surface area contributed by atoms with Gasteiger partial charge in [0, 0.05) is 18.2 Å². The Morgan fingerprint density at radius 3 is 2.71 bits per heavy atom. The van der Waals surface area contributed by atoms with E-state index in [-0.39, 0.29) is 5.91 Å². The van der Waals surface area contributed by atoms with Crippen molar-refractivity contribution in [2.75, 3.05) is 12.3 Å². The summed E-state index contributed by atoms with van der Waals surface area (Å²) in [6.07, 6.45) is 6.06. The van der Waals surface area contributed by atoms with Crippen molar-refractivity contribution >= 4 is 17.7 Å². The molecule has 2 aromatic rings. The smallest absolute Gasteiger partial charge is 0.233 e. The van der Waals surface area contributed by atoms with E-state index in [1.54, 1.807) is 0 Å². The molecule has 24 heavy (non-hydrogen) atoms. The van der Waals surface area contributed by atoms with E-state index in [9.17, 15) is 4.79 Å². The van der Waals surface area contributed by atoms with Crippen LogP contribution in [0.1, 0.15) is 39.0 Å². The summed E-state index contributed by atoms with van der Waals surface area (Å²) in [5.74, 6) is 1.34. The van der Waals surface area contributed by atoms with Crippen LogP contribution in [-0.4, -0.2) is 44.3 Å². The molecule has 1 N–H and O–H groups in total. The van der Waals surface area contributed by atoms with E-state index in [0.717, 1.165) is 30.8 Å². The van der Waals surface area contributed by atoms with Gasteiger partial charge in [-0.05, 0) is 19.8 Å². The van der Waals surface area contributed by atoms with Crippen molar-refractivity contribution in [1.29, 1.82) is 0 Å². The highest BCUT2D eigenvalue weighted by atomic mass is 32.2. The van der Waals surface area contributed by atoms with Gasteiger partial charge in [0.15, 0.2) is 5.82 Å². The number of carbonyl (C=O) groups is 1. The fourth-order valence-corrected chi connectivity index (χ4v) is 3.96. The Bertz CT molecular complexity index is 652. The van der Waals surface area contributed by atoms with Crippen molar-refractivity contribution < 1.29 is 4.79 Å². The van der Waals surface area contributed by atoms with Crippen LogP contribution in [0.15, 0.2) is 35.5 Å². The molecule has 128 valence electrons. The highest BCUT2D eigenvalue weighted by Gasteiger charge is 2.24. The summed E-state index contributed by atoms with van der Waals surface area (Å²) < 4.78 is 0. The van der Waals surface area contributed by atoms with E-state index in [1.165, 1.54) is 31.0 Å². The van der Waals surface area contributed by atoms with Crippen molar-refractivity contribution in [3.8, 4) is 11.4 Å². The second-order valence-corrected chi connectivity index (χ2v) is 7.04. The molecule has 1 aromatic carbocycles. The first kappa shape index (κ1) is 17.0. The molecule has 1 aromatic heterocycles. The van der Waals surface area contributed by atoms with Crippen LogP contribution >= 0.6 is 11.8 Å². The zero-order chi connectivity index (χ0) is 16.8. The third-order valence-electron chi connectivity index (χ3n) is 4.51. The molecule has 1 heterocycles. The molecule has 3 rings (SSSR count). The third kappa shape index (κ3) is 4.17. The van der Waals surface area contributed by atoms with E-state index in [1.807, 2.05) is 35.2 Å². The summed E-state index contributed by atoms with van der Waals surface area (Å²) in [7, 11) is 0. The van der Waals surface area contributed by atoms with E-state index >= 15 is 0 Å². The lowest BCUT2D eigenvalue weighted by molar-refractivity contribution is -0.131. The molecule has 1 amide bonds. The summed E-state index contributed by atoms with van der Waals surface area (Å²) >= 11 is 1.41. The van der Waals surface area contributed by atoms with Crippen LogP contribution in [0.4, 0.5) is 0 Å². The van der Waals surface area contributed by atoms with Gasteiger partial charge in [0.1, 0.15) is 0 Å². The number of amides is 1. The van der Waals surface area contributed by atoms with E-state index in [2.05, 4.69) is 22.1 Å². The number of aromatic amines is 1. The lowest BCUT2D eigenvalue weighted by Crippen LogP contribution is -2.42. The average molecular weight is 344 g/mol. The highest BCUT2D eigenvalue weighted by molar-refractivity contribution is 7.99. The Kier molecular flexibility index (Phi) is 5.91. The number of aromatic nitrogens is 3. The number of rotatable bonds is 6. The number of hydrogen-bond donors (Lipinski definition) is 1. The number of benzene rings is 1. The summed E-state index contributed by atoms with van der Waals surface area (Å²) in [4.78, 5) is 19.1. The van der Waals surface area contributed by atoms with Gasteiger partial charge in [0.2, 0.25) is 11.1 Å². The SMILES string of the molecule is CCN(C(=O)CSc1n[nH]c(-c2ccccc2)n1)C1CCCCC1. The molecule has 0 aliphatic heterocycles. The predicted molar refractivity (Wildman–Crippen MR) is 96.8 cm³/mol. The van der Waals surface area contributed by atoms with Crippen molar-refractivity contribution in [3.05, 3.63) is 30.3 Å². The van der Waals surface area contributed by atoms with Crippen molar-refractivity contribution in [1.82, 2.24) is 20.1 Å². The topological polar surface area (TPSA) is 61.9 Å². The normalized spacial score (nSPS) is 15.4. The first-order chi connectivity index (χ1) is 11.8. The summed E-state index contributed by atoms with van der Waals surface area (Å²) in [6.45, 7) is 2.85. The Hall–Kier alpha value is -1.82. The third-order valence-corrected chi connectivity index (χ3v) is 5.35. The molecule has 6 heteroatoms. The molecule has 0 spiro atoms. The zero-order valence-corrected chi connectivity index (χ0v) is 14.9. The number of carbonyl (C=O) groups excluding carboxylic acids is 1. The van der Waals surface area contributed by atoms with Crippen LogP contribution in [0.25, 0.3) is 11.4 Å².